The first-order valence-electron chi connectivity index (χ1n) is 4.47. The number of rotatable bonds is 3. The number of halogens is 1. The summed E-state index contributed by atoms with van der Waals surface area (Å²) in [5, 5.41) is 12.2. The first-order chi connectivity index (χ1) is 6.43. The first-order valence-corrected chi connectivity index (χ1v) is 4.84. The Balaban J connectivity index is 2.87. The lowest BCUT2D eigenvalue weighted by molar-refractivity contribution is 0.523. The molecule has 5 heteroatoms. The van der Waals surface area contributed by atoms with Crippen LogP contribution in [-0.2, 0) is 6.54 Å². The van der Waals surface area contributed by atoms with Gasteiger partial charge in [-0.25, -0.2) is 0 Å². The van der Waals surface area contributed by atoms with Crippen molar-refractivity contribution < 1.29 is 0 Å². The fourth-order valence-corrected chi connectivity index (χ4v) is 1.35. The van der Waals surface area contributed by atoms with Crippen LogP contribution in [0.15, 0.2) is 0 Å². The molecule has 4 nitrogen and oxygen atoms in total. The van der Waals surface area contributed by atoms with Crippen molar-refractivity contribution in [3.05, 3.63) is 16.4 Å². The molecule has 14 heavy (non-hydrogen) atoms. The van der Waals surface area contributed by atoms with E-state index in [0.29, 0.717) is 11.6 Å². The molecule has 0 saturated carbocycles. The third-order valence-corrected chi connectivity index (χ3v) is 2.82. The minimum absolute atomic E-state index is 0.0101. The van der Waals surface area contributed by atoms with Crippen LogP contribution in [0.25, 0.3) is 0 Å². The summed E-state index contributed by atoms with van der Waals surface area (Å²) >= 11 is 5.99. The molecule has 1 heterocycles. The van der Waals surface area contributed by atoms with Gasteiger partial charge in [0.15, 0.2) is 0 Å². The lowest BCUT2D eigenvalue weighted by atomic mass is 10.1. The van der Waals surface area contributed by atoms with E-state index in [2.05, 4.69) is 5.10 Å². The summed E-state index contributed by atoms with van der Waals surface area (Å²) in [5.74, 6) is 0.165. The zero-order chi connectivity index (χ0) is 10.9. The van der Waals surface area contributed by atoms with E-state index in [0.717, 1.165) is 11.4 Å². The van der Waals surface area contributed by atoms with E-state index in [9.17, 15) is 0 Å². The second kappa shape index (κ2) is 4.00. The highest BCUT2D eigenvalue weighted by atomic mass is 35.5. The number of hydrogen-bond acceptors (Lipinski definition) is 2. The van der Waals surface area contributed by atoms with Gasteiger partial charge in [-0.15, -0.1) is 0 Å². The molecule has 0 amide bonds. The number of hydrogen-bond donors (Lipinski definition) is 2. The topological polar surface area (TPSA) is 67.7 Å². The van der Waals surface area contributed by atoms with Crippen LogP contribution in [0.4, 0.5) is 0 Å². The summed E-state index contributed by atoms with van der Waals surface area (Å²) in [6.45, 7) is 6.28. The monoisotopic (exact) mass is 214 g/mol. The van der Waals surface area contributed by atoms with Gasteiger partial charge in [-0.2, -0.15) is 5.10 Å². The van der Waals surface area contributed by atoms with E-state index in [1.807, 2.05) is 20.8 Å². The Morgan fingerprint density at radius 3 is 2.57 bits per heavy atom. The molecule has 0 spiro atoms. The van der Waals surface area contributed by atoms with E-state index >= 15 is 0 Å². The Morgan fingerprint density at radius 1 is 1.64 bits per heavy atom. The molecule has 0 aliphatic rings. The fraction of sp³-hybridized carbons (Fsp3) is 0.556. The molecule has 1 unspecified atom stereocenters. The van der Waals surface area contributed by atoms with Gasteiger partial charge in [0, 0.05) is 5.92 Å². The predicted octanol–water partition coefficient (Wildman–Crippen LogP) is 1.73. The molecule has 1 rings (SSSR count). The highest BCUT2D eigenvalue weighted by Crippen LogP contribution is 2.19. The van der Waals surface area contributed by atoms with Crippen molar-refractivity contribution in [3.63, 3.8) is 0 Å². The van der Waals surface area contributed by atoms with Crippen LogP contribution in [0.1, 0.15) is 18.3 Å². The third kappa shape index (κ3) is 2.07. The van der Waals surface area contributed by atoms with Crippen LogP contribution in [0, 0.1) is 25.2 Å². The van der Waals surface area contributed by atoms with E-state index in [-0.39, 0.29) is 11.8 Å². The second-order valence-electron chi connectivity index (χ2n) is 3.52. The zero-order valence-corrected chi connectivity index (χ0v) is 9.39. The van der Waals surface area contributed by atoms with Gasteiger partial charge in [0.1, 0.15) is 0 Å². The molecule has 0 bridgehead atoms. The Bertz CT molecular complexity index is 356. The summed E-state index contributed by atoms with van der Waals surface area (Å²) in [6, 6.07) is 0. The Kier molecular flexibility index (Phi) is 3.16. The third-order valence-electron chi connectivity index (χ3n) is 2.27. The van der Waals surface area contributed by atoms with Gasteiger partial charge in [-0.3, -0.25) is 10.1 Å². The maximum atomic E-state index is 7.28. The molecular formula is C9H15ClN4. The van der Waals surface area contributed by atoms with E-state index in [1.54, 1.807) is 4.68 Å². The van der Waals surface area contributed by atoms with Crippen molar-refractivity contribution >= 4 is 17.4 Å². The van der Waals surface area contributed by atoms with Crippen LogP contribution in [-0.4, -0.2) is 15.6 Å². The summed E-state index contributed by atoms with van der Waals surface area (Å²) < 4.78 is 1.80. The molecule has 1 aromatic rings. The maximum absolute atomic E-state index is 7.28. The quantitative estimate of drug-likeness (QED) is 0.594. The molecular weight excluding hydrogens is 200 g/mol. The largest absolute Gasteiger partial charge is 0.387 e. The van der Waals surface area contributed by atoms with Gasteiger partial charge >= 0.3 is 0 Å². The van der Waals surface area contributed by atoms with E-state index in [4.69, 9.17) is 22.7 Å². The minimum atomic E-state index is -0.0101. The predicted molar refractivity (Wildman–Crippen MR) is 57.8 cm³/mol. The molecule has 1 atom stereocenters. The van der Waals surface area contributed by atoms with Crippen LogP contribution < -0.4 is 5.73 Å². The molecule has 1 aromatic heterocycles. The highest BCUT2D eigenvalue weighted by molar-refractivity contribution is 6.31. The van der Waals surface area contributed by atoms with Crippen molar-refractivity contribution in [3.8, 4) is 0 Å². The summed E-state index contributed by atoms with van der Waals surface area (Å²) in [4.78, 5) is 0. The molecule has 0 fully saturated rings. The lowest BCUT2D eigenvalue weighted by Crippen LogP contribution is -2.24. The van der Waals surface area contributed by atoms with Crippen molar-refractivity contribution in [2.24, 2.45) is 11.7 Å². The zero-order valence-electron chi connectivity index (χ0n) is 8.63. The average Bonchev–Trinajstić information content (AvgIpc) is 2.33. The Hall–Kier alpha value is -1.03. The van der Waals surface area contributed by atoms with Gasteiger partial charge < -0.3 is 5.73 Å². The fourth-order valence-electron chi connectivity index (χ4n) is 1.21. The number of aryl methyl sites for hydroxylation is 1. The summed E-state index contributed by atoms with van der Waals surface area (Å²) in [5.41, 5.74) is 7.14. The van der Waals surface area contributed by atoms with Crippen molar-refractivity contribution in [1.29, 1.82) is 5.41 Å². The molecule has 3 N–H and O–H groups in total. The SMILES string of the molecule is Cc1nn(CC(C)C(=N)N)c(C)c1Cl. The molecule has 0 radical (unpaired) electrons. The highest BCUT2D eigenvalue weighted by Gasteiger charge is 2.12. The lowest BCUT2D eigenvalue weighted by Gasteiger charge is -2.10. The number of amidine groups is 1. The standard InChI is InChI=1S/C9H15ClN4/c1-5(9(11)12)4-14-7(3)8(10)6(2)13-14/h5H,4H2,1-3H3,(H3,11,12). The smallest absolute Gasteiger partial charge is 0.0952 e. The summed E-state index contributed by atoms with van der Waals surface area (Å²) in [7, 11) is 0. The maximum Gasteiger partial charge on any atom is 0.0952 e. The van der Waals surface area contributed by atoms with E-state index < -0.39 is 0 Å². The van der Waals surface area contributed by atoms with Crippen LogP contribution >= 0.6 is 11.6 Å². The summed E-state index contributed by atoms with van der Waals surface area (Å²) in [6.07, 6.45) is 0. The van der Waals surface area contributed by atoms with Gasteiger partial charge in [0.25, 0.3) is 0 Å². The van der Waals surface area contributed by atoms with Gasteiger partial charge in [-0.05, 0) is 13.8 Å². The number of nitrogens with two attached hydrogens (primary N) is 1. The van der Waals surface area contributed by atoms with Crippen molar-refractivity contribution in [2.75, 3.05) is 0 Å². The van der Waals surface area contributed by atoms with Crippen LogP contribution in [0.2, 0.25) is 5.02 Å². The number of nitrogens with one attached hydrogen (secondary N) is 1. The minimum Gasteiger partial charge on any atom is -0.387 e. The molecule has 78 valence electrons. The Labute approximate surface area is 88.6 Å². The second-order valence-corrected chi connectivity index (χ2v) is 3.90. The van der Waals surface area contributed by atoms with Gasteiger partial charge in [0.05, 0.1) is 28.8 Å². The normalized spacial score (nSPS) is 12.9. The molecule has 0 saturated heterocycles. The molecule has 0 aliphatic carbocycles. The molecule has 0 aliphatic heterocycles. The number of aromatic nitrogens is 2. The van der Waals surface area contributed by atoms with E-state index in [1.165, 1.54) is 0 Å². The van der Waals surface area contributed by atoms with Crippen LogP contribution in [0.5, 0.6) is 0 Å². The van der Waals surface area contributed by atoms with Crippen molar-refractivity contribution in [1.82, 2.24) is 9.78 Å². The van der Waals surface area contributed by atoms with Crippen LogP contribution in [0.3, 0.4) is 0 Å². The Morgan fingerprint density at radius 2 is 2.21 bits per heavy atom. The van der Waals surface area contributed by atoms with Crippen molar-refractivity contribution in [2.45, 2.75) is 27.3 Å². The first kappa shape index (κ1) is 11.0. The van der Waals surface area contributed by atoms with Gasteiger partial charge in [-0.1, -0.05) is 18.5 Å². The number of nitrogens with zero attached hydrogens (tertiary/aromatic N) is 2. The molecule has 0 aromatic carbocycles. The average molecular weight is 215 g/mol. The van der Waals surface area contributed by atoms with Gasteiger partial charge in [0.2, 0.25) is 0 Å².